The van der Waals surface area contributed by atoms with Gasteiger partial charge in [-0.2, -0.15) is 0 Å². The zero-order valence-corrected chi connectivity index (χ0v) is 18.6. The molecule has 1 aromatic heterocycles. The molecule has 0 amide bonds. The fourth-order valence-corrected chi connectivity index (χ4v) is 4.10. The molecule has 150 valence electrons. The molecule has 0 radical (unpaired) electrons. The monoisotopic (exact) mass is 491 g/mol. The van der Waals surface area contributed by atoms with Crippen molar-refractivity contribution in [2.75, 3.05) is 15.4 Å². The van der Waals surface area contributed by atoms with Crippen molar-refractivity contribution in [3.63, 3.8) is 0 Å². The molecule has 3 N–H and O–H groups in total. The maximum atomic E-state index is 12.4. The molecule has 0 unspecified atom stereocenters. The van der Waals surface area contributed by atoms with Gasteiger partial charge in [0.05, 0.1) is 4.90 Å². The van der Waals surface area contributed by atoms with Crippen molar-refractivity contribution in [1.82, 2.24) is 9.97 Å². The molecule has 3 aromatic rings. The molecule has 0 aliphatic rings. The number of anilines is 3. The van der Waals surface area contributed by atoms with Crippen molar-refractivity contribution in [2.24, 2.45) is 0 Å². The van der Waals surface area contributed by atoms with Gasteiger partial charge in [-0.05, 0) is 72.7 Å². The lowest BCUT2D eigenvalue weighted by atomic mass is 10.1. The maximum Gasteiger partial charge on any atom is 0.264 e. The quantitative estimate of drug-likeness (QED) is 0.439. The Morgan fingerprint density at radius 2 is 1.76 bits per heavy atom. The fraction of sp³-hybridized carbons (Fsp3) is 0.105. The smallest absolute Gasteiger partial charge is 0.264 e. The van der Waals surface area contributed by atoms with Crippen LogP contribution >= 0.6 is 28.1 Å². The van der Waals surface area contributed by atoms with Crippen LogP contribution in [0.3, 0.4) is 0 Å². The van der Waals surface area contributed by atoms with Crippen LogP contribution in [-0.4, -0.2) is 23.5 Å². The summed E-state index contributed by atoms with van der Waals surface area (Å²) in [5.74, 6) is 0.0151. The summed E-state index contributed by atoms with van der Waals surface area (Å²) >= 11 is 8.83. The van der Waals surface area contributed by atoms with Gasteiger partial charge in [-0.15, -0.1) is 0 Å². The molecule has 0 atom stereocenters. The molecule has 0 spiro atoms. The number of benzene rings is 2. The third-order valence-corrected chi connectivity index (χ3v) is 5.95. The van der Waals surface area contributed by atoms with Gasteiger partial charge in [0.15, 0.2) is 5.11 Å². The van der Waals surface area contributed by atoms with Crippen LogP contribution in [0.2, 0.25) is 0 Å². The summed E-state index contributed by atoms with van der Waals surface area (Å²) in [6.07, 6.45) is 3.78. The molecule has 0 saturated carbocycles. The first-order valence-electron chi connectivity index (χ1n) is 8.64. The Morgan fingerprint density at radius 3 is 2.41 bits per heavy atom. The van der Waals surface area contributed by atoms with Gasteiger partial charge in [-0.3, -0.25) is 0 Å². The number of hydrogen-bond donors (Lipinski definition) is 3. The summed E-state index contributed by atoms with van der Waals surface area (Å²) in [7, 11) is -3.78. The largest absolute Gasteiger partial charge is 0.332 e. The maximum absolute atomic E-state index is 12.4. The van der Waals surface area contributed by atoms with Gasteiger partial charge in [-0.25, -0.2) is 23.1 Å². The Morgan fingerprint density at radius 1 is 1.07 bits per heavy atom. The van der Waals surface area contributed by atoms with E-state index in [0.717, 1.165) is 22.1 Å². The number of sulfonamides is 1. The molecule has 0 bridgehead atoms. The van der Waals surface area contributed by atoms with Gasteiger partial charge < -0.3 is 10.6 Å². The van der Waals surface area contributed by atoms with Crippen LogP contribution in [0.15, 0.2) is 70.3 Å². The first-order valence-corrected chi connectivity index (χ1v) is 11.3. The minimum atomic E-state index is -3.78. The minimum Gasteiger partial charge on any atom is -0.332 e. The zero-order valence-electron chi connectivity index (χ0n) is 15.4. The predicted octanol–water partition coefficient (Wildman–Crippen LogP) is 4.41. The summed E-state index contributed by atoms with van der Waals surface area (Å²) in [6.45, 7) is 2.07. The molecule has 10 heteroatoms. The average Bonchev–Trinajstić information content (AvgIpc) is 2.70. The van der Waals surface area contributed by atoms with E-state index in [2.05, 4.69) is 48.2 Å². The van der Waals surface area contributed by atoms with Crippen molar-refractivity contribution in [3.8, 4) is 0 Å². The second-order valence-corrected chi connectivity index (χ2v) is 8.94. The molecular weight excluding hydrogens is 474 g/mol. The molecular formula is C19H18BrN5O2S2. The lowest BCUT2D eigenvalue weighted by Crippen LogP contribution is -2.20. The van der Waals surface area contributed by atoms with Crippen LogP contribution < -0.4 is 15.4 Å². The third-order valence-electron chi connectivity index (χ3n) is 3.91. The van der Waals surface area contributed by atoms with Crippen molar-refractivity contribution in [3.05, 3.63) is 71.0 Å². The number of aryl methyl sites for hydroxylation is 1. The van der Waals surface area contributed by atoms with Crippen LogP contribution in [0, 0.1) is 0 Å². The lowest BCUT2D eigenvalue weighted by Gasteiger charge is -2.14. The van der Waals surface area contributed by atoms with E-state index >= 15 is 0 Å². The van der Waals surface area contributed by atoms with Crippen molar-refractivity contribution < 1.29 is 8.42 Å². The second-order valence-electron chi connectivity index (χ2n) is 5.94. The van der Waals surface area contributed by atoms with Gasteiger partial charge in [0.1, 0.15) is 0 Å². The Balaban J connectivity index is 1.66. The highest BCUT2D eigenvalue weighted by molar-refractivity contribution is 9.10. The second kappa shape index (κ2) is 9.29. The van der Waals surface area contributed by atoms with Crippen LogP contribution in [0.5, 0.6) is 0 Å². The molecule has 0 aliphatic carbocycles. The Hall–Kier alpha value is -2.56. The summed E-state index contributed by atoms with van der Waals surface area (Å²) in [4.78, 5) is 7.82. The zero-order chi connectivity index (χ0) is 20.9. The van der Waals surface area contributed by atoms with E-state index in [1.54, 1.807) is 18.2 Å². The van der Waals surface area contributed by atoms with Gasteiger partial charge in [0.25, 0.3) is 10.0 Å². The molecule has 7 nitrogen and oxygen atoms in total. The third kappa shape index (κ3) is 5.72. The lowest BCUT2D eigenvalue weighted by molar-refractivity contribution is 0.601. The van der Waals surface area contributed by atoms with E-state index in [9.17, 15) is 8.42 Å². The van der Waals surface area contributed by atoms with Crippen LogP contribution in [0.25, 0.3) is 0 Å². The first kappa shape index (κ1) is 21.2. The van der Waals surface area contributed by atoms with Gasteiger partial charge in [-0.1, -0.05) is 22.9 Å². The van der Waals surface area contributed by atoms with Crippen molar-refractivity contribution >= 4 is 60.6 Å². The highest BCUT2D eigenvalue weighted by Crippen LogP contribution is 2.22. The molecule has 29 heavy (non-hydrogen) atoms. The topological polar surface area (TPSA) is 96.0 Å². The molecule has 3 rings (SSSR count). The summed E-state index contributed by atoms with van der Waals surface area (Å²) in [5, 5.41) is 6.63. The number of thiocarbonyl (C=S) groups is 1. The fourth-order valence-electron chi connectivity index (χ4n) is 2.51. The molecule has 0 saturated heterocycles. The summed E-state index contributed by atoms with van der Waals surface area (Å²) in [6, 6.07) is 13.8. The standard InChI is InChI=1S/C19H18BrN5O2S2/c1-2-13-12-14(20)4-9-17(13)24-19(28)23-15-5-7-16(8-6-15)29(26,27)25-18-21-10-3-11-22-18/h3-12H,2H2,1H3,(H,21,22,25)(H2,23,24,28). The van der Waals surface area contributed by atoms with Gasteiger partial charge in [0.2, 0.25) is 5.95 Å². The van der Waals surface area contributed by atoms with Crippen molar-refractivity contribution in [1.29, 1.82) is 0 Å². The summed E-state index contributed by atoms with van der Waals surface area (Å²) < 4.78 is 28.2. The first-order chi connectivity index (χ1) is 13.9. The Kier molecular flexibility index (Phi) is 6.78. The van der Waals surface area contributed by atoms with E-state index in [0.29, 0.717) is 10.8 Å². The highest BCUT2D eigenvalue weighted by Gasteiger charge is 2.15. The van der Waals surface area contributed by atoms with E-state index in [4.69, 9.17) is 12.2 Å². The highest BCUT2D eigenvalue weighted by atomic mass is 79.9. The van der Waals surface area contributed by atoms with Gasteiger partial charge >= 0.3 is 0 Å². The van der Waals surface area contributed by atoms with Crippen LogP contribution in [0.4, 0.5) is 17.3 Å². The SMILES string of the molecule is CCc1cc(Br)ccc1NC(=S)Nc1ccc(S(=O)(=O)Nc2ncccn2)cc1. The average molecular weight is 492 g/mol. The number of hydrogen-bond acceptors (Lipinski definition) is 5. The number of rotatable bonds is 6. The molecule has 2 aromatic carbocycles. The van der Waals surface area contributed by atoms with Crippen LogP contribution in [-0.2, 0) is 16.4 Å². The van der Waals surface area contributed by atoms with E-state index in [1.807, 2.05) is 18.2 Å². The predicted molar refractivity (Wildman–Crippen MR) is 123 cm³/mol. The van der Waals surface area contributed by atoms with E-state index in [1.165, 1.54) is 24.5 Å². The molecule has 1 heterocycles. The summed E-state index contributed by atoms with van der Waals surface area (Å²) in [5.41, 5.74) is 2.70. The number of halogens is 1. The number of nitrogens with zero attached hydrogens (tertiary/aromatic N) is 2. The van der Waals surface area contributed by atoms with E-state index in [-0.39, 0.29) is 10.8 Å². The van der Waals surface area contributed by atoms with E-state index < -0.39 is 10.0 Å². The van der Waals surface area contributed by atoms with Crippen molar-refractivity contribution in [2.45, 2.75) is 18.2 Å². The Bertz CT molecular complexity index is 1110. The number of nitrogens with one attached hydrogen (secondary N) is 3. The van der Waals surface area contributed by atoms with Gasteiger partial charge in [0, 0.05) is 28.2 Å². The minimum absolute atomic E-state index is 0.0151. The molecule has 0 aliphatic heterocycles. The molecule has 0 fully saturated rings. The normalized spacial score (nSPS) is 11.0. The number of aromatic nitrogens is 2. The van der Waals surface area contributed by atoms with Crippen LogP contribution in [0.1, 0.15) is 12.5 Å². The Labute approximate surface area is 183 Å².